The predicted molar refractivity (Wildman–Crippen MR) is 86.3 cm³/mol. The number of nitrogens with one attached hydrogen (secondary N) is 1. The molecule has 0 saturated heterocycles. The number of para-hydroxylation sites is 1. The normalized spacial score (nSPS) is 16.0. The number of carbonyl (C=O) groups is 1. The van der Waals surface area contributed by atoms with Crippen LogP contribution in [-0.2, 0) is 0 Å². The van der Waals surface area contributed by atoms with E-state index in [2.05, 4.69) is 5.32 Å². The van der Waals surface area contributed by atoms with E-state index < -0.39 is 0 Å². The number of carbonyl (C=O) groups excluding carboxylic acids is 1. The Morgan fingerprint density at radius 3 is 2.78 bits per heavy atom. The number of rotatable bonds is 4. The van der Waals surface area contributed by atoms with Gasteiger partial charge in [0, 0.05) is 18.1 Å². The lowest BCUT2D eigenvalue weighted by Gasteiger charge is -2.26. The Kier molecular flexibility index (Phi) is 4.37. The molecule has 120 valence electrons. The number of benzene rings is 2. The molecule has 1 heterocycles. The molecule has 0 fully saturated rings. The number of methoxy groups -OCH3 is 2. The maximum absolute atomic E-state index is 12.6. The Bertz CT molecular complexity index is 714. The molecule has 0 saturated carbocycles. The van der Waals surface area contributed by atoms with Crippen LogP contribution < -0.4 is 19.5 Å². The van der Waals surface area contributed by atoms with Crippen LogP contribution in [0.15, 0.2) is 42.5 Å². The molecule has 1 aliphatic rings. The quantitative estimate of drug-likeness (QED) is 0.943. The second-order valence-corrected chi connectivity index (χ2v) is 5.27. The molecule has 23 heavy (non-hydrogen) atoms. The minimum absolute atomic E-state index is 0.0701. The molecule has 0 spiro atoms. The highest BCUT2D eigenvalue weighted by Gasteiger charge is 2.24. The van der Waals surface area contributed by atoms with Crippen LogP contribution in [0, 0.1) is 0 Å². The summed E-state index contributed by atoms with van der Waals surface area (Å²) >= 11 is 0. The fraction of sp³-hybridized carbons (Fsp3) is 0.278. The SMILES string of the molecule is COc1ccc(C(=O)N[C@H]2CCOc3ccccc32)c(OC)c1. The van der Waals surface area contributed by atoms with E-state index in [1.165, 1.54) is 7.11 Å². The van der Waals surface area contributed by atoms with Gasteiger partial charge in [0.2, 0.25) is 0 Å². The van der Waals surface area contributed by atoms with Gasteiger partial charge in [0.05, 0.1) is 32.4 Å². The molecule has 0 radical (unpaired) electrons. The Balaban J connectivity index is 1.83. The zero-order valence-electron chi connectivity index (χ0n) is 13.2. The molecule has 3 rings (SSSR count). The first-order chi connectivity index (χ1) is 11.2. The molecule has 1 amide bonds. The van der Waals surface area contributed by atoms with Crippen molar-refractivity contribution in [1.29, 1.82) is 0 Å². The van der Waals surface area contributed by atoms with Crippen LogP contribution in [-0.4, -0.2) is 26.7 Å². The average molecular weight is 313 g/mol. The van der Waals surface area contributed by atoms with Crippen LogP contribution in [0.3, 0.4) is 0 Å². The maximum Gasteiger partial charge on any atom is 0.255 e. The maximum atomic E-state index is 12.6. The van der Waals surface area contributed by atoms with E-state index >= 15 is 0 Å². The highest BCUT2D eigenvalue weighted by atomic mass is 16.5. The fourth-order valence-corrected chi connectivity index (χ4v) is 2.71. The molecule has 2 aromatic rings. The first kappa shape index (κ1) is 15.2. The van der Waals surface area contributed by atoms with Gasteiger partial charge in [-0.15, -0.1) is 0 Å². The molecular weight excluding hydrogens is 294 g/mol. The van der Waals surface area contributed by atoms with Crippen molar-refractivity contribution in [2.75, 3.05) is 20.8 Å². The van der Waals surface area contributed by atoms with E-state index in [4.69, 9.17) is 14.2 Å². The summed E-state index contributed by atoms with van der Waals surface area (Å²) in [5, 5.41) is 3.06. The van der Waals surface area contributed by atoms with Gasteiger partial charge in [-0.05, 0) is 18.2 Å². The summed E-state index contributed by atoms with van der Waals surface area (Å²) in [5.74, 6) is 1.79. The average Bonchev–Trinajstić information content (AvgIpc) is 2.61. The summed E-state index contributed by atoms with van der Waals surface area (Å²) < 4.78 is 16.1. The third-order valence-corrected chi connectivity index (χ3v) is 3.92. The van der Waals surface area contributed by atoms with Crippen LogP contribution in [0.1, 0.15) is 28.4 Å². The Morgan fingerprint density at radius 2 is 2.00 bits per heavy atom. The van der Waals surface area contributed by atoms with Gasteiger partial charge >= 0.3 is 0 Å². The summed E-state index contributed by atoms with van der Waals surface area (Å²) in [7, 11) is 3.11. The molecule has 2 aromatic carbocycles. The van der Waals surface area contributed by atoms with Gasteiger partial charge in [0.1, 0.15) is 17.2 Å². The Morgan fingerprint density at radius 1 is 1.17 bits per heavy atom. The van der Waals surface area contributed by atoms with Crippen molar-refractivity contribution in [2.24, 2.45) is 0 Å². The van der Waals surface area contributed by atoms with Crippen molar-refractivity contribution < 1.29 is 19.0 Å². The van der Waals surface area contributed by atoms with Crippen LogP contribution in [0.4, 0.5) is 0 Å². The third-order valence-electron chi connectivity index (χ3n) is 3.92. The fourth-order valence-electron chi connectivity index (χ4n) is 2.71. The summed E-state index contributed by atoms with van der Waals surface area (Å²) in [6.45, 7) is 0.585. The van der Waals surface area contributed by atoms with Crippen molar-refractivity contribution in [3.8, 4) is 17.2 Å². The van der Waals surface area contributed by atoms with Crippen molar-refractivity contribution in [1.82, 2.24) is 5.32 Å². The molecule has 0 aliphatic carbocycles. The van der Waals surface area contributed by atoms with Crippen LogP contribution >= 0.6 is 0 Å². The number of ether oxygens (including phenoxy) is 3. The van der Waals surface area contributed by atoms with E-state index in [9.17, 15) is 4.79 Å². The minimum Gasteiger partial charge on any atom is -0.497 e. The summed E-state index contributed by atoms with van der Waals surface area (Å²) in [6, 6.07) is 12.8. The van der Waals surface area contributed by atoms with Crippen molar-refractivity contribution >= 4 is 5.91 Å². The molecule has 1 N–H and O–H groups in total. The third kappa shape index (κ3) is 3.08. The first-order valence-corrected chi connectivity index (χ1v) is 7.47. The molecule has 5 nitrogen and oxygen atoms in total. The van der Waals surface area contributed by atoms with E-state index in [0.29, 0.717) is 23.7 Å². The number of hydrogen-bond donors (Lipinski definition) is 1. The topological polar surface area (TPSA) is 56.8 Å². The molecule has 0 bridgehead atoms. The standard InChI is InChI=1S/C18H19NO4/c1-21-12-7-8-14(17(11-12)22-2)18(20)19-15-9-10-23-16-6-4-3-5-13(15)16/h3-8,11,15H,9-10H2,1-2H3,(H,19,20)/t15-/m0/s1. The molecule has 0 unspecified atom stereocenters. The van der Waals surface area contributed by atoms with Gasteiger partial charge in [-0.25, -0.2) is 0 Å². The molecule has 1 aliphatic heterocycles. The minimum atomic E-state index is -0.175. The van der Waals surface area contributed by atoms with Gasteiger partial charge in [0.25, 0.3) is 5.91 Å². The summed E-state index contributed by atoms with van der Waals surface area (Å²) in [4.78, 5) is 12.6. The summed E-state index contributed by atoms with van der Waals surface area (Å²) in [6.07, 6.45) is 0.737. The van der Waals surface area contributed by atoms with Crippen molar-refractivity contribution in [3.63, 3.8) is 0 Å². The number of amides is 1. The van der Waals surface area contributed by atoms with Gasteiger partial charge in [-0.3, -0.25) is 4.79 Å². The first-order valence-electron chi connectivity index (χ1n) is 7.47. The van der Waals surface area contributed by atoms with E-state index in [-0.39, 0.29) is 11.9 Å². The summed E-state index contributed by atoms with van der Waals surface area (Å²) in [5.41, 5.74) is 1.48. The Hall–Kier alpha value is -2.69. The number of hydrogen-bond acceptors (Lipinski definition) is 4. The lowest BCUT2D eigenvalue weighted by molar-refractivity contribution is 0.0921. The van der Waals surface area contributed by atoms with Gasteiger partial charge in [0.15, 0.2) is 0 Å². The zero-order chi connectivity index (χ0) is 16.2. The molecule has 0 aromatic heterocycles. The van der Waals surface area contributed by atoms with Crippen LogP contribution in [0.25, 0.3) is 0 Å². The highest BCUT2D eigenvalue weighted by Crippen LogP contribution is 2.32. The smallest absolute Gasteiger partial charge is 0.255 e. The lowest BCUT2D eigenvalue weighted by atomic mass is 10.00. The molecule has 1 atom stereocenters. The second kappa shape index (κ2) is 6.60. The monoisotopic (exact) mass is 313 g/mol. The Labute approximate surface area is 135 Å². The number of fused-ring (bicyclic) bond motifs is 1. The second-order valence-electron chi connectivity index (χ2n) is 5.27. The lowest BCUT2D eigenvalue weighted by Crippen LogP contribution is -2.32. The van der Waals surface area contributed by atoms with Gasteiger partial charge in [-0.2, -0.15) is 0 Å². The van der Waals surface area contributed by atoms with Crippen molar-refractivity contribution in [2.45, 2.75) is 12.5 Å². The van der Waals surface area contributed by atoms with Crippen LogP contribution in [0.5, 0.6) is 17.2 Å². The zero-order valence-corrected chi connectivity index (χ0v) is 13.2. The largest absolute Gasteiger partial charge is 0.497 e. The van der Waals surface area contributed by atoms with E-state index in [1.807, 2.05) is 24.3 Å². The van der Waals surface area contributed by atoms with E-state index in [0.717, 1.165) is 17.7 Å². The predicted octanol–water partition coefficient (Wildman–Crippen LogP) is 2.96. The van der Waals surface area contributed by atoms with Gasteiger partial charge < -0.3 is 19.5 Å². The van der Waals surface area contributed by atoms with E-state index in [1.54, 1.807) is 25.3 Å². The van der Waals surface area contributed by atoms with Crippen molar-refractivity contribution in [3.05, 3.63) is 53.6 Å². The highest BCUT2D eigenvalue weighted by molar-refractivity contribution is 5.97. The molecule has 5 heteroatoms. The molecular formula is C18H19NO4. The van der Waals surface area contributed by atoms with Crippen LogP contribution in [0.2, 0.25) is 0 Å². The van der Waals surface area contributed by atoms with Gasteiger partial charge in [-0.1, -0.05) is 18.2 Å².